The Hall–Kier alpha value is -3.93. The first-order chi connectivity index (χ1) is 16.9. The highest BCUT2D eigenvalue weighted by molar-refractivity contribution is 5.83. The van der Waals surface area contributed by atoms with Gasteiger partial charge >= 0.3 is 6.18 Å². The zero-order valence-corrected chi connectivity index (χ0v) is 19.3. The number of nitriles is 1. The van der Waals surface area contributed by atoms with Crippen molar-refractivity contribution in [2.45, 2.75) is 37.1 Å². The second kappa shape index (κ2) is 9.97. The largest absolute Gasteiger partial charge is 0.479 e. The van der Waals surface area contributed by atoms with Crippen LogP contribution in [0.25, 0.3) is 0 Å². The Labute approximate surface area is 203 Å². The number of halogens is 3. The number of methoxy groups -OCH3 is 2. The Morgan fingerprint density at radius 1 is 1.33 bits per heavy atom. The summed E-state index contributed by atoms with van der Waals surface area (Å²) in [4.78, 5) is 15.1. The molecule has 11 nitrogen and oxygen atoms in total. The highest BCUT2D eigenvalue weighted by Gasteiger charge is 2.54. The monoisotopic (exact) mass is 509 g/mol. The molecule has 0 radical (unpaired) electrons. The molecule has 3 N–H and O–H groups in total. The van der Waals surface area contributed by atoms with Gasteiger partial charge in [-0.1, -0.05) is 12.1 Å². The molecular formula is C22H22F3N5O6. The van der Waals surface area contributed by atoms with Crippen LogP contribution in [0.2, 0.25) is 0 Å². The third kappa shape index (κ3) is 4.76. The molecule has 3 atom stereocenters. The van der Waals surface area contributed by atoms with Crippen LogP contribution in [-0.2, 0) is 15.7 Å². The minimum Gasteiger partial charge on any atom is -0.479 e. The number of benzene rings is 2. The Kier molecular flexibility index (Phi) is 7.39. The lowest BCUT2D eigenvalue weighted by Gasteiger charge is -2.47. The van der Waals surface area contributed by atoms with E-state index in [1.165, 1.54) is 39.3 Å². The molecule has 0 amide bonds. The maximum atomic E-state index is 13.4. The van der Waals surface area contributed by atoms with Crippen LogP contribution in [0.3, 0.4) is 0 Å². The van der Waals surface area contributed by atoms with Crippen molar-refractivity contribution in [3.05, 3.63) is 63.7 Å². The smallest absolute Gasteiger partial charge is 0.418 e. The van der Waals surface area contributed by atoms with Crippen LogP contribution in [0, 0.1) is 21.6 Å². The second-order valence-electron chi connectivity index (χ2n) is 7.91. The van der Waals surface area contributed by atoms with Gasteiger partial charge in [-0.25, -0.2) is 9.89 Å². The first-order valence-corrected chi connectivity index (χ1v) is 10.3. The molecule has 0 bridgehead atoms. The predicted octanol–water partition coefficient (Wildman–Crippen LogP) is 3.22. The number of nitro benzene ring substituents is 1. The van der Waals surface area contributed by atoms with Gasteiger partial charge in [-0.05, 0) is 25.1 Å². The molecule has 0 fully saturated rings. The van der Waals surface area contributed by atoms with E-state index in [0.29, 0.717) is 4.90 Å². The Bertz CT molecular complexity index is 1210. The van der Waals surface area contributed by atoms with Crippen LogP contribution >= 0.6 is 0 Å². The summed E-state index contributed by atoms with van der Waals surface area (Å²) in [6, 6.07) is 6.32. The summed E-state index contributed by atoms with van der Waals surface area (Å²) >= 11 is 0. The summed E-state index contributed by atoms with van der Waals surface area (Å²) in [5.41, 5.74) is 2.22. The molecule has 2 aromatic rings. The van der Waals surface area contributed by atoms with Gasteiger partial charge in [0.05, 0.1) is 16.2 Å². The fourth-order valence-electron chi connectivity index (χ4n) is 4.03. The van der Waals surface area contributed by atoms with Crippen molar-refractivity contribution in [1.82, 2.24) is 4.90 Å². The fraction of sp³-hybridized carbons (Fsp3) is 0.364. The third-order valence-electron chi connectivity index (χ3n) is 5.71. The zero-order chi connectivity index (χ0) is 26.8. The molecule has 1 aliphatic rings. The number of fused-ring (bicyclic) bond motifs is 1. The van der Waals surface area contributed by atoms with E-state index in [2.05, 4.69) is 4.99 Å². The summed E-state index contributed by atoms with van der Waals surface area (Å²) in [6.45, 7) is 1.41. The Balaban J connectivity index is 2.21. The Morgan fingerprint density at radius 3 is 2.53 bits per heavy atom. The number of guanidine groups is 1. The van der Waals surface area contributed by atoms with Crippen molar-refractivity contribution in [3.8, 4) is 11.9 Å². The number of aliphatic hydroxyl groups excluding tert-OH is 1. The SMILES string of the molecule is COC(OC)C1(C)Oc2ccc([N+](=O)[O-])cc2C(N(C#N)C(N)=Nc2ccccc2C(F)(F)F)C1O. The number of aliphatic hydroxyl groups is 1. The molecule has 14 heteroatoms. The van der Waals surface area contributed by atoms with E-state index in [1.54, 1.807) is 6.19 Å². The van der Waals surface area contributed by atoms with Gasteiger partial charge in [0.15, 0.2) is 18.1 Å². The first kappa shape index (κ1) is 26.7. The van der Waals surface area contributed by atoms with Crippen LogP contribution in [0.4, 0.5) is 24.5 Å². The number of nitrogens with two attached hydrogens (primary N) is 1. The minimum atomic E-state index is -4.76. The fourth-order valence-corrected chi connectivity index (χ4v) is 4.03. The van der Waals surface area contributed by atoms with Crippen LogP contribution in [-0.4, -0.2) is 53.1 Å². The summed E-state index contributed by atoms with van der Waals surface area (Å²) in [5.74, 6) is -0.674. The van der Waals surface area contributed by atoms with Crippen molar-refractivity contribution in [2.24, 2.45) is 10.7 Å². The number of ether oxygens (including phenoxy) is 3. The van der Waals surface area contributed by atoms with Crippen molar-refractivity contribution in [1.29, 1.82) is 5.26 Å². The van der Waals surface area contributed by atoms with Crippen LogP contribution < -0.4 is 10.5 Å². The first-order valence-electron chi connectivity index (χ1n) is 10.3. The molecule has 0 aromatic heterocycles. The summed E-state index contributed by atoms with van der Waals surface area (Å²) < 4.78 is 56.8. The average Bonchev–Trinajstić information content (AvgIpc) is 2.82. The lowest BCUT2D eigenvalue weighted by atomic mass is 9.83. The number of rotatable bonds is 6. The molecule has 192 valence electrons. The van der Waals surface area contributed by atoms with Crippen molar-refractivity contribution in [2.75, 3.05) is 14.2 Å². The van der Waals surface area contributed by atoms with E-state index >= 15 is 0 Å². The molecule has 1 aliphatic heterocycles. The standard InChI is InChI=1S/C22H22F3N5O6/c1-21(19(34-2)35-3)18(31)17(13-10-12(30(32)33)8-9-16(13)36-21)29(11-26)20(27)28-15-7-5-4-6-14(15)22(23,24)25/h4-10,17-19,31H,1-3H3,(H2,27,28). The summed E-state index contributed by atoms with van der Waals surface area (Å²) in [7, 11) is 2.56. The second-order valence-corrected chi connectivity index (χ2v) is 7.91. The lowest BCUT2D eigenvalue weighted by Crippen LogP contribution is -2.62. The van der Waals surface area contributed by atoms with E-state index in [1.807, 2.05) is 0 Å². The highest BCUT2D eigenvalue weighted by Crippen LogP contribution is 2.46. The van der Waals surface area contributed by atoms with Crippen molar-refractivity contribution < 1.29 is 37.4 Å². The zero-order valence-electron chi connectivity index (χ0n) is 19.3. The van der Waals surface area contributed by atoms with Crippen molar-refractivity contribution >= 4 is 17.3 Å². The van der Waals surface area contributed by atoms with Gasteiger partial charge in [0.1, 0.15) is 17.9 Å². The molecule has 0 saturated carbocycles. The van der Waals surface area contributed by atoms with Crippen LogP contribution in [0.1, 0.15) is 24.1 Å². The van der Waals surface area contributed by atoms with E-state index < -0.39 is 52.3 Å². The molecule has 3 unspecified atom stereocenters. The van der Waals surface area contributed by atoms with Crippen LogP contribution in [0.15, 0.2) is 47.5 Å². The van der Waals surface area contributed by atoms with Crippen molar-refractivity contribution in [3.63, 3.8) is 0 Å². The number of hydrogen-bond donors (Lipinski definition) is 2. The molecule has 0 saturated heterocycles. The summed E-state index contributed by atoms with van der Waals surface area (Å²) in [6.07, 6.45) is -5.93. The number of para-hydroxylation sites is 1. The van der Waals surface area contributed by atoms with Gasteiger partial charge in [0, 0.05) is 31.9 Å². The third-order valence-corrected chi connectivity index (χ3v) is 5.71. The molecule has 1 heterocycles. The molecule has 3 rings (SSSR count). The maximum absolute atomic E-state index is 13.4. The molecule has 36 heavy (non-hydrogen) atoms. The van der Waals surface area contributed by atoms with Crippen LogP contribution in [0.5, 0.6) is 5.75 Å². The van der Waals surface area contributed by atoms with Gasteiger partial charge in [-0.2, -0.15) is 18.4 Å². The average molecular weight is 509 g/mol. The highest BCUT2D eigenvalue weighted by atomic mass is 19.4. The van der Waals surface area contributed by atoms with E-state index in [9.17, 15) is 33.7 Å². The maximum Gasteiger partial charge on any atom is 0.418 e. The molecule has 0 aliphatic carbocycles. The Morgan fingerprint density at radius 2 is 1.97 bits per heavy atom. The minimum absolute atomic E-state index is 0.0241. The number of nitrogens with zero attached hydrogens (tertiary/aromatic N) is 4. The lowest BCUT2D eigenvalue weighted by molar-refractivity contribution is -0.385. The number of aliphatic imine (C=N–C) groups is 1. The molecule has 0 spiro atoms. The number of nitro groups is 1. The number of hydrogen-bond acceptors (Lipinski definition) is 8. The van der Waals surface area contributed by atoms with Gasteiger partial charge in [-0.3, -0.25) is 10.1 Å². The van der Waals surface area contributed by atoms with E-state index in [-0.39, 0.29) is 17.0 Å². The van der Waals surface area contributed by atoms with E-state index in [4.69, 9.17) is 19.9 Å². The van der Waals surface area contributed by atoms with Gasteiger partial charge in [0.25, 0.3) is 5.69 Å². The quantitative estimate of drug-likeness (QED) is 0.113. The van der Waals surface area contributed by atoms with Gasteiger partial charge in [0.2, 0.25) is 5.96 Å². The molecule has 2 aromatic carbocycles. The molecular weight excluding hydrogens is 487 g/mol. The van der Waals surface area contributed by atoms with E-state index in [0.717, 1.165) is 24.3 Å². The number of alkyl halides is 3. The topological polar surface area (TPSA) is 156 Å². The van der Waals surface area contributed by atoms with Gasteiger partial charge in [-0.15, -0.1) is 0 Å². The summed E-state index contributed by atoms with van der Waals surface area (Å²) in [5, 5.41) is 32.7. The van der Waals surface area contributed by atoms with Gasteiger partial charge < -0.3 is 25.1 Å². The predicted molar refractivity (Wildman–Crippen MR) is 119 cm³/mol. The number of non-ortho nitro benzene ring substituents is 1. The normalized spacial score (nSPS) is 21.9.